The summed E-state index contributed by atoms with van der Waals surface area (Å²) < 4.78 is 6.35. The van der Waals surface area contributed by atoms with Crippen molar-refractivity contribution in [2.45, 2.75) is 52.2 Å². The molecule has 0 saturated carbocycles. The quantitative estimate of drug-likeness (QED) is 0.647. The number of para-hydroxylation sites is 1. The highest BCUT2D eigenvalue weighted by molar-refractivity contribution is 6.73. The van der Waals surface area contributed by atoms with Gasteiger partial charge in [0.2, 0.25) is 8.32 Å². The van der Waals surface area contributed by atoms with Crippen LogP contribution in [0, 0.1) is 6.92 Å². The van der Waals surface area contributed by atoms with Crippen LogP contribution < -0.4 is 4.43 Å². The molecule has 0 fully saturated rings. The Morgan fingerprint density at radius 3 is 2.12 bits per heavy atom. The first-order valence-corrected chi connectivity index (χ1v) is 9.18. The Balaban J connectivity index is 2.79. The van der Waals surface area contributed by atoms with Gasteiger partial charge >= 0.3 is 0 Å². The molecule has 0 radical (unpaired) electrons. The molecule has 0 bridgehead atoms. The first-order chi connectivity index (χ1) is 7.61. The number of aryl methyl sites for hydroxylation is 1. The van der Waals surface area contributed by atoms with Crippen molar-refractivity contribution in [3.63, 3.8) is 0 Å². The van der Waals surface area contributed by atoms with E-state index in [1.165, 1.54) is 30.5 Å². The molecule has 0 atom stereocenters. The topological polar surface area (TPSA) is 9.23 Å². The number of benzene rings is 1. The van der Waals surface area contributed by atoms with Gasteiger partial charge in [0.05, 0.1) is 0 Å². The number of hydrogen-bond acceptors (Lipinski definition) is 1. The van der Waals surface area contributed by atoms with Gasteiger partial charge in [-0.1, -0.05) is 44.9 Å². The van der Waals surface area contributed by atoms with E-state index in [0.717, 1.165) is 5.75 Å². The highest BCUT2D eigenvalue weighted by Crippen LogP contribution is 2.26. The SMILES string of the molecule is CCC[Si](C)(CCC)Oc1ccccc1C. The molecule has 1 nitrogen and oxygen atoms in total. The molecule has 2 heteroatoms. The third-order valence-corrected chi connectivity index (χ3v) is 6.84. The first kappa shape index (κ1) is 13.3. The van der Waals surface area contributed by atoms with E-state index in [1.807, 2.05) is 0 Å². The number of hydrogen-bond donors (Lipinski definition) is 0. The fraction of sp³-hybridized carbons (Fsp3) is 0.571. The molecule has 0 amide bonds. The summed E-state index contributed by atoms with van der Waals surface area (Å²) in [6.45, 7) is 9.00. The molecule has 1 rings (SSSR count). The summed E-state index contributed by atoms with van der Waals surface area (Å²) in [7, 11) is -1.52. The van der Waals surface area contributed by atoms with Crippen molar-refractivity contribution < 1.29 is 4.43 Å². The van der Waals surface area contributed by atoms with Gasteiger partial charge in [0.25, 0.3) is 0 Å². The maximum atomic E-state index is 6.35. The van der Waals surface area contributed by atoms with Crippen LogP contribution in [0.5, 0.6) is 5.75 Å². The molecule has 1 aromatic rings. The fourth-order valence-corrected chi connectivity index (χ4v) is 5.55. The van der Waals surface area contributed by atoms with E-state index in [1.54, 1.807) is 0 Å². The van der Waals surface area contributed by atoms with Crippen LogP contribution in [0.4, 0.5) is 0 Å². The average molecular weight is 236 g/mol. The minimum absolute atomic E-state index is 1.10. The highest BCUT2D eigenvalue weighted by atomic mass is 28.4. The molecule has 0 saturated heterocycles. The summed E-state index contributed by atoms with van der Waals surface area (Å²) in [6.07, 6.45) is 2.46. The van der Waals surface area contributed by atoms with Gasteiger partial charge in [-0.3, -0.25) is 0 Å². The van der Waals surface area contributed by atoms with Crippen LogP contribution in [0.15, 0.2) is 24.3 Å². The normalized spacial score (nSPS) is 11.5. The van der Waals surface area contributed by atoms with Crippen LogP contribution >= 0.6 is 0 Å². The summed E-state index contributed by atoms with van der Waals surface area (Å²) >= 11 is 0. The molecule has 0 N–H and O–H groups in total. The lowest BCUT2D eigenvalue weighted by Gasteiger charge is -2.28. The largest absolute Gasteiger partial charge is 0.544 e. The monoisotopic (exact) mass is 236 g/mol. The van der Waals surface area contributed by atoms with Gasteiger partial charge < -0.3 is 4.43 Å². The fourth-order valence-electron chi connectivity index (χ4n) is 2.22. The van der Waals surface area contributed by atoms with Gasteiger partial charge in [0.15, 0.2) is 0 Å². The first-order valence-electron chi connectivity index (χ1n) is 6.36. The van der Waals surface area contributed by atoms with Gasteiger partial charge in [0.1, 0.15) is 5.75 Å². The zero-order chi connectivity index (χ0) is 12.0. The predicted octanol–water partition coefficient (Wildman–Crippen LogP) is 4.77. The predicted molar refractivity (Wildman–Crippen MR) is 73.6 cm³/mol. The van der Waals surface area contributed by atoms with Crippen LogP contribution in [-0.2, 0) is 0 Å². The van der Waals surface area contributed by atoms with E-state index in [0.29, 0.717) is 0 Å². The van der Waals surface area contributed by atoms with E-state index >= 15 is 0 Å². The van der Waals surface area contributed by atoms with Gasteiger partial charge in [-0.15, -0.1) is 0 Å². The molecule has 0 aliphatic heterocycles. The standard InChI is InChI=1S/C14H24OSi/c1-5-11-16(4,12-6-2)15-14-10-8-7-9-13(14)3/h7-10H,5-6,11-12H2,1-4H3. The summed E-state index contributed by atoms with van der Waals surface area (Å²) in [5, 5.41) is 0. The molecule has 0 aliphatic rings. The minimum Gasteiger partial charge on any atom is -0.544 e. The Bertz CT molecular complexity index is 316. The van der Waals surface area contributed by atoms with E-state index in [2.05, 4.69) is 51.6 Å². The van der Waals surface area contributed by atoms with Gasteiger partial charge in [-0.25, -0.2) is 0 Å². The zero-order valence-electron chi connectivity index (χ0n) is 11.0. The van der Waals surface area contributed by atoms with Crippen molar-refractivity contribution in [2.24, 2.45) is 0 Å². The van der Waals surface area contributed by atoms with Crippen LogP contribution in [0.1, 0.15) is 32.3 Å². The third-order valence-electron chi connectivity index (χ3n) is 3.01. The second kappa shape index (κ2) is 6.09. The van der Waals surface area contributed by atoms with Crippen molar-refractivity contribution in [3.05, 3.63) is 29.8 Å². The lowest BCUT2D eigenvalue weighted by atomic mass is 10.2. The molecular weight excluding hydrogens is 212 g/mol. The Kier molecular flexibility index (Phi) is 5.06. The van der Waals surface area contributed by atoms with Gasteiger partial charge in [-0.2, -0.15) is 0 Å². The molecule has 1 aromatic carbocycles. The van der Waals surface area contributed by atoms with Crippen molar-refractivity contribution in [2.75, 3.05) is 0 Å². The maximum Gasteiger partial charge on any atom is 0.248 e. The highest BCUT2D eigenvalue weighted by Gasteiger charge is 2.29. The summed E-state index contributed by atoms with van der Waals surface area (Å²) in [5.41, 5.74) is 1.26. The van der Waals surface area contributed by atoms with E-state index < -0.39 is 8.32 Å². The Hall–Kier alpha value is -0.763. The summed E-state index contributed by atoms with van der Waals surface area (Å²) in [6, 6.07) is 10.9. The molecule has 0 spiro atoms. The van der Waals surface area contributed by atoms with E-state index in [9.17, 15) is 0 Å². The molecular formula is C14H24OSi. The van der Waals surface area contributed by atoms with Crippen molar-refractivity contribution in [3.8, 4) is 5.75 Å². The Morgan fingerprint density at radius 1 is 1.06 bits per heavy atom. The molecule has 16 heavy (non-hydrogen) atoms. The van der Waals surface area contributed by atoms with Crippen LogP contribution in [0.2, 0.25) is 18.6 Å². The van der Waals surface area contributed by atoms with Crippen molar-refractivity contribution >= 4 is 8.32 Å². The molecule has 0 unspecified atom stereocenters. The van der Waals surface area contributed by atoms with Crippen molar-refractivity contribution in [1.29, 1.82) is 0 Å². The molecule has 0 heterocycles. The summed E-state index contributed by atoms with van der Waals surface area (Å²) in [4.78, 5) is 0. The van der Waals surface area contributed by atoms with Gasteiger partial charge in [0, 0.05) is 0 Å². The molecule has 0 aliphatic carbocycles. The lowest BCUT2D eigenvalue weighted by Crippen LogP contribution is -2.37. The lowest BCUT2D eigenvalue weighted by molar-refractivity contribution is 0.528. The molecule has 0 aromatic heterocycles. The second-order valence-corrected chi connectivity index (χ2v) is 8.92. The average Bonchev–Trinajstić information content (AvgIpc) is 2.22. The van der Waals surface area contributed by atoms with Crippen LogP contribution in [-0.4, -0.2) is 8.32 Å². The number of rotatable bonds is 6. The van der Waals surface area contributed by atoms with E-state index in [4.69, 9.17) is 4.43 Å². The Labute approximate surface area is 101 Å². The van der Waals surface area contributed by atoms with Crippen LogP contribution in [0.3, 0.4) is 0 Å². The third kappa shape index (κ3) is 3.67. The Morgan fingerprint density at radius 2 is 1.62 bits per heavy atom. The molecule has 90 valence electrons. The maximum absolute atomic E-state index is 6.35. The van der Waals surface area contributed by atoms with Gasteiger partial charge in [-0.05, 0) is 37.2 Å². The van der Waals surface area contributed by atoms with E-state index in [-0.39, 0.29) is 0 Å². The smallest absolute Gasteiger partial charge is 0.248 e. The van der Waals surface area contributed by atoms with Crippen molar-refractivity contribution in [1.82, 2.24) is 0 Å². The minimum atomic E-state index is -1.52. The summed E-state index contributed by atoms with van der Waals surface area (Å²) in [5.74, 6) is 1.10. The zero-order valence-corrected chi connectivity index (χ0v) is 12.0. The van der Waals surface area contributed by atoms with Crippen LogP contribution in [0.25, 0.3) is 0 Å². The second-order valence-electron chi connectivity index (χ2n) is 4.82.